The molecule has 0 bridgehead atoms. The summed E-state index contributed by atoms with van der Waals surface area (Å²) >= 11 is 3.20. The van der Waals surface area contributed by atoms with Gasteiger partial charge in [-0.15, -0.1) is 22.7 Å². The molecule has 0 aliphatic carbocycles. The van der Waals surface area contributed by atoms with Crippen LogP contribution in [0.4, 0.5) is 11.5 Å². The molecule has 7 nitrogen and oxygen atoms in total. The van der Waals surface area contributed by atoms with Crippen LogP contribution in [-0.2, 0) is 4.79 Å². The molecule has 0 atom stereocenters. The van der Waals surface area contributed by atoms with Gasteiger partial charge in [0.2, 0.25) is 5.91 Å². The van der Waals surface area contributed by atoms with Crippen molar-refractivity contribution in [1.82, 2.24) is 15.0 Å². The van der Waals surface area contributed by atoms with Crippen molar-refractivity contribution in [1.29, 1.82) is 0 Å². The summed E-state index contributed by atoms with van der Waals surface area (Å²) in [5.74, 6) is 1.50. The van der Waals surface area contributed by atoms with Gasteiger partial charge in [-0.2, -0.15) is 0 Å². The lowest BCUT2D eigenvalue weighted by atomic mass is 10.2. The lowest BCUT2D eigenvalue weighted by Crippen LogP contribution is -2.09. The highest BCUT2D eigenvalue weighted by Crippen LogP contribution is 2.37. The molecular weight excluding hydrogens is 406 g/mol. The predicted molar refractivity (Wildman–Crippen MR) is 118 cm³/mol. The number of aromatic nitrogens is 3. The van der Waals surface area contributed by atoms with Crippen LogP contribution in [0, 0.1) is 0 Å². The summed E-state index contributed by atoms with van der Waals surface area (Å²) in [6.07, 6.45) is 4.20. The normalized spacial score (nSPS) is 10.8. The number of benzene rings is 1. The number of ether oxygens (including phenoxy) is 1. The van der Waals surface area contributed by atoms with Gasteiger partial charge in [-0.1, -0.05) is 0 Å². The summed E-state index contributed by atoms with van der Waals surface area (Å²) in [6.45, 7) is 2.78. The zero-order valence-corrected chi connectivity index (χ0v) is 17.3. The number of anilines is 2. The zero-order chi connectivity index (χ0) is 20.1. The van der Waals surface area contributed by atoms with E-state index in [0.717, 1.165) is 51.0 Å². The number of rotatable bonds is 8. The van der Waals surface area contributed by atoms with Crippen LogP contribution in [0.2, 0.25) is 0 Å². The van der Waals surface area contributed by atoms with E-state index in [4.69, 9.17) is 4.74 Å². The Balaban J connectivity index is 1.32. The van der Waals surface area contributed by atoms with Crippen molar-refractivity contribution in [2.75, 3.05) is 23.8 Å². The molecule has 2 N–H and O–H groups in total. The molecule has 0 spiro atoms. The lowest BCUT2D eigenvalue weighted by Gasteiger charge is -2.09. The molecule has 4 rings (SSSR count). The Morgan fingerprint density at radius 1 is 1.14 bits per heavy atom. The summed E-state index contributed by atoms with van der Waals surface area (Å²) in [4.78, 5) is 25.2. The molecule has 1 amide bonds. The van der Waals surface area contributed by atoms with Crippen molar-refractivity contribution < 1.29 is 9.53 Å². The van der Waals surface area contributed by atoms with Crippen LogP contribution in [0.1, 0.15) is 13.3 Å². The van der Waals surface area contributed by atoms with Crippen LogP contribution in [0.15, 0.2) is 47.5 Å². The molecule has 0 aliphatic heterocycles. The molecule has 1 aromatic carbocycles. The van der Waals surface area contributed by atoms with E-state index >= 15 is 0 Å². The van der Waals surface area contributed by atoms with Crippen molar-refractivity contribution in [3.63, 3.8) is 0 Å². The Labute approximate surface area is 175 Å². The quantitative estimate of drug-likeness (QED) is 0.399. The summed E-state index contributed by atoms with van der Waals surface area (Å²) in [7, 11) is 0. The molecule has 0 unspecified atom stereocenters. The number of thiazole rings is 1. The van der Waals surface area contributed by atoms with Crippen molar-refractivity contribution in [2.45, 2.75) is 13.3 Å². The number of carbonyl (C=O) groups excluding carboxylic acids is 1. The molecule has 3 aromatic heterocycles. The molecule has 3 heterocycles. The van der Waals surface area contributed by atoms with Crippen molar-refractivity contribution in [2.24, 2.45) is 0 Å². The third kappa shape index (κ3) is 4.69. The fourth-order valence-electron chi connectivity index (χ4n) is 2.83. The van der Waals surface area contributed by atoms with Gasteiger partial charge in [0.1, 0.15) is 27.7 Å². The van der Waals surface area contributed by atoms with Gasteiger partial charge in [-0.05, 0) is 30.7 Å². The second kappa shape index (κ2) is 8.97. The van der Waals surface area contributed by atoms with Gasteiger partial charge < -0.3 is 15.4 Å². The Kier molecular flexibility index (Phi) is 5.97. The maximum absolute atomic E-state index is 11.1. The fraction of sp³-hybridized carbons (Fsp3) is 0.200. The van der Waals surface area contributed by atoms with Crippen LogP contribution in [0.3, 0.4) is 0 Å². The van der Waals surface area contributed by atoms with Crippen molar-refractivity contribution in [3.05, 3.63) is 47.5 Å². The Hall–Kier alpha value is -3.04. The second-order valence-electron chi connectivity index (χ2n) is 6.22. The molecule has 0 saturated carbocycles. The summed E-state index contributed by atoms with van der Waals surface area (Å²) in [6, 6.07) is 7.34. The number of hydrogen-bond acceptors (Lipinski definition) is 8. The number of carbonyl (C=O) groups is 1. The van der Waals surface area contributed by atoms with Crippen LogP contribution in [0.25, 0.3) is 20.8 Å². The lowest BCUT2D eigenvalue weighted by molar-refractivity contribution is -0.114. The highest BCUT2D eigenvalue weighted by molar-refractivity contribution is 7.18. The average Bonchev–Trinajstić information content (AvgIpc) is 3.38. The van der Waals surface area contributed by atoms with Gasteiger partial charge in [0.25, 0.3) is 0 Å². The van der Waals surface area contributed by atoms with E-state index in [2.05, 4.69) is 31.0 Å². The maximum Gasteiger partial charge on any atom is 0.221 e. The van der Waals surface area contributed by atoms with Crippen LogP contribution in [-0.4, -0.2) is 34.0 Å². The zero-order valence-electron chi connectivity index (χ0n) is 15.7. The van der Waals surface area contributed by atoms with Crippen LogP contribution < -0.4 is 15.4 Å². The highest BCUT2D eigenvalue weighted by atomic mass is 32.1. The van der Waals surface area contributed by atoms with E-state index in [1.54, 1.807) is 35.2 Å². The minimum absolute atomic E-state index is 0.0905. The van der Waals surface area contributed by atoms with E-state index < -0.39 is 0 Å². The Morgan fingerprint density at radius 3 is 2.76 bits per heavy atom. The molecule has 0 saturated heterocycles. The Morgan fingerprint density at radius 2 is 2.00 bits per heavy atom. The highest BCUT2D eigenvalue weighted by Gasteiger charge is 2.14. The summed E-state index contributed by atoms with van der Waals surface area (Å²) < 4.78 is 5.77. The Bertz CT molecular complexity index is 1090. The van der Waals surface area contributed by atoms with E-state index in [1.807, 2.05) is 29.6 Å². The van der Waals surface area contributed by atoms with Crippen LogP contribution >= 0.6 is 22.7 Å². The SMILES string of the molecule is CC(=O)Nc1ccc(OCCCNc2ncnc3scc(-c4nccs4)c23)cc1. The third-order valence-corrected chi connectivity index (χ3v) is 5.78. The van der Waals surface area contributed by atoms with Crippen LogP contribution in [0.5, 0.6) is 5.75 Å². The minimum Gasteiger partial charge on any atom is -0.494 e. The van der Waals surface area contributed by atoms with Gasteiger partial charge in [-0.25, -0.2) is 15.0 Å². The number of thiophene rings is 1. The maximum atomic E-state index is 11.1. The van der Waals surface area contributed by atoms with E-state index in [-0.39, 0.29) is 5.91 Å². The molecule has 29 heavy (non-hydrogen) atoms. The standard InChI is InChI=1S/C20H19N5O2S2/c1-13(26)25-14-3-5-15(6-4-14)27-9-2-7-21-18-17-16(19-22-8-10-28-19)11-29-20(17)24-12-23-18/h3-6,8,10-12H,2,7,9H2,1H3,(H,25,26)(H,21,23,24). The van der Waals surface area contributed by atoms with Gasteiger partial charge in [0.05, 0.1) is 12.0 Å². The number of amides is 1. The first kappa shape index (κ1) is 19.3. The topological polar surface area (TPSA) is 89.0 Å². The van der Waals surface area contributed by atoms with Crippen molar-refractivity contribution in [3.8, 4) is 16.3 Å². The number of nitrogens with one attached hydrogen (secondary N) is 2. The summed E-state index contributed by atoms with van der Waals surface area (Å²) in [5, 5.41) is 12.2. The first-order chi connectivity index (χ1) is 14.2. The van der Waals surface area contributed by atoms with E-state index in [0.29, 0.717) is 6.61 Å². The first-order valence-corrected chi connectivity index (χ1v) is 10.8. The largest absolute Gasteiger partial charge is 0.494 e. The number of fused-ring (bicyclic) bond motifs is 1. The molecule has 0 aliphatic rings. The number of hydrogen-bond donors (Lipinski definition) is 2. The first-order valence-electron chi connectivity index (χ1n) is 9.07. The molecule has 0 radical (unpaired) electrons. The second-order valence-corrected chi connectivity index (χ2v) is 7.98. The van der Waals surface area contributed by atoms with Gasteiger partial charge >= 0.3 is 0 Å². The average molecular weight is 426 g/mol. The molecule has 9 heteroatoms. The van der Waals surface area contributed by atoms with Crippen molar-refractivity contribution >= 4 is 50.3 Å². The molecule has 0 fully saturated rings. The molecule has 148 valence electrons. The third-order valence-electron chi connectivity index (χ3n) is 4.09. The number of nitrogens with zero attached hydrogens (tertiary/aromatic N) is 3. The van der Waals surface area contributed by atoms with E-state index in [1.165, 1.54) is 6.92 Å². The smallest absolute Gasteiger partial charge is 0.221 e. The van der Waals surface area contributed by atoms with Gasteiger partial charge in [0.15, 0.2) is 0 Å². The van der Waals surface area contributed by atoms with Gasteiger partial charge in [0, 0.05) is 41.7 Å². The fourth-order valence-corrected chi connectivity index (χ4v) is 4.46. The minimum atomic E-state index is -0.0905. The monoisotopic (exact) mass is 425 g/mol. The summed E-state index contributed by atoms with van der Waals surface area (Å²) in [5.41, 5.74) is 1.82. The van der Waals surface area contributed by atoms with E-state index in [9.17, 15) is 4.79 Å². The van der Waals surface area contributed by atoms with Gasteiger partial charge in [-0.3, -0.25) is 4.79 Å². The molecule has 4 aromatic rings. The molecular formula is C20H19N5O2S2. The predicted octanol–water partition coefficient (Wildman–Crippen LogP) is 4.65.